The highest BCUT2D eigenvalue weighted by atomic mass is 35.5. The number of ether oxygens (including phenoxy) is 1. The first-order chi connectivity index (χ1) is 16.0. The summed E-state index contributed by atoms with van der Waals surface area (Å²) in [5.41, 5.74) is 2.37. The van der Waals surface area contributed by atoms with E-state index in [-0.39, 0.29) is 18.2 Å². The molecule has 0 amide bonds. The fraction of sp³-hybridized carbons (Fsp3) is 0.542. The number of rotatable bonds is 6. The lowest BCUT2D eigenvalue weighted by molar-refractivity contribution is 0.0656. The van der Waals surface area contributed by atoms with Crippen molar-refractivity contribution in [3.63, 3.8) is 0 Å². The molecule has 1 aliphatic carbocycles. The molecule has 1 saturated carbocycles. The summed E-state index contributed by atoms with van der Waals surface area (Å²) < 4.78 is 7.74. The van der Waals surface area contributed by atoms with Gasteiger partial charge in [-0.3, -0.25) is 4.57 Å². The van der Waals surface area contributed by atoms with Crippen molar-refractivity contribution in [1.82, 2.24) is 19.5 Å². The van der Waals surface area contributed by atoms with Crippen molar-refractivity contribution in [3.05, 3.63) is 35.5 Å². The number of aliphatic hydroxyl groups excluding tert-OH is 1. The second-order valence-electron chi connectivity index (χ2n) is 9.50. The van der Waals surface area contributed by atoms with Gasteiger partial charge in [-0.05, 0) is 69.6 Å². The number of hydrogen-bond acceptors (Lipinski definition) is 7. The summed E-state index contributed by atoms with van der Waals surface area (Å²) in [7, 11) is 0. The maximum atomic E-state index is 9.59. The highest BCUT2D eigenvalue weighted by molar-refractivity contribution is 6.30. The fourth-order valence-electron chi connectivity index (χ4n) is 4.88. The molecule has 1 aliphatic heterocycles. The molecule has 0 radical (unpaired) electrons. The zero-order chi connectivity index (χ0) is 22.8. The Hall–Kier alpha value is -2.42. The molecule has 1 saturated heterocycles. The number of aromatic nitrogens is 4. The van der Waals surface area contributed by atoms with E-state index < -0.39 is 0 Å². The maximum absolute atomic E-state index is 9.59. The van der Waals surface area contributed by atoms with E-state index in [9.17, 15) is 5.11 Å². The van der Waals surface area contributed by atoms with Gasteiger partial charge in [-0.2, -0.15) is 4.98 Å². The average Bonchev–Trinajstić information content (AvgIpc) is 3.16. The van der Waals surface area contributed by atoms with E-state index >= 15 is 0 Å². The van der Waals surface area contributed by atoms with Gasteiger partial charge in [0.2, 0.25) is 11.9 Å². The molecule has 9 heteroatoms. The average molecular weight is 471 g/mol. The lowest BCUT2D eigenvalue weighted by atomic mass is 9.86. The summed E-state index contributed by atoms with van der Waals surface area (Å²) in [5, 5.41) is 17.3. The Morgan fingerprint density at radius 1 is 1.18 bits per heavy atom. The van der Waals surface area contributed by atoms with Crippen LogP contribution in [-0.4, -0.2) is 50.0 Å². The first kappa shape index (κ1) is 22.4. The molecule has 1 aromatic carbocycles. The molecule has 0 spiro atoms. The standard InChI is InChI=1S/C24H31ClN6O2/c1-24(9-11-33-12-10-24)30-22-26-14-20-21(29-22)31(19-7-5-16(15-32)6-8-19)23(28-20)27-18-4-2-3-17(25)13-18/h2-4,13-14,16,19,32H,5-12,15H2,1H3,(H,27,28)(H,26,29,30)/t16-,19+. The van der Waals surface area contributed by atoms with E-state index in [0.29, 0.717) is 16.9 Å². The molecule has 2 aliphatic rings. The predicted octanol–water partition coefficient (Wildman–Crippen LogP) is 4.93. The van der Waals surface area contributed by atoms with Crippen molar-refractivity contribution in [1.29, 1.82) is 0 Å². The number of aliphatic hydroxyl groups is 1. The molecule has 3 aromatic rings. The van der Waals surface area contributed by atoms with Crippen LogP contribution >= 0.6 is 11.6 Å². The Morgan fingerprint density at radius 3 is 2.70 bits per heavy atom. The van der Waals surface area contributed by atoms with Crippen LogP contribution in [0.1, 0.15) is 51.5 Å². The lowest BCUT2D eigenvalue weighted by Crippen LogP contribution is -2.41. The van der Waals surface area contributed by atoms with Crippen LogP contribution in [0, 0.1) is 5.92 Å². The van der Waals surface area contributed by atoms with E-state index in [2.05, 4.69) is 27.1 Å². The number of imidazole rings is 1. The largest absolute Gasteiger partial charge is 0.396 e. The lowest BCUT2D eigenvalue weighted by Gasteiger charge is -2.34. The molecule has 176 valence electrons. The van der Waals surface area contributed by atoms with Gasteiger partial charge in [0.25, 0.3) is 0 Å². The minimum Gasteiger partial charge on any atom is -0.396 e. The molecular formula is C24H31ClN6O2. The van der Waals surface area contributed by atoms with Gasteiger partial charge in [-0.15, -0.1) is 0 Å². The zero-order valence-electron chi connectivity index (χ0n) is 18.9. The molecule has 0 bridgehead atoms. The van der Waals surface area contributed by atoms with E-state index in [1.54, 1.807) is 6.20 Å². The van der Waals surface area contributed by atoms with Crippen LogP contribution in [0.15, 0.2) is 30.5 Å². The fourth-order valence-corrected chi connectivity index (χ4v) is 5.07. The third-order valence-electron chi connectivity index (χ3n) is 6.96. The summed E-state index contributed by atoms with van der Waals surface area (Å²) in [4.78, 5) is 14.3. The van der Waals surface area contributed by atoms with Crippen LogP contribution in [0.5, 0.6) is 0 Å². The Labute approximate surface area is 198 Å². The summed E-state index contributed by atoms with van der Waals surface area (Å²) in [6.45, 7) is 3.93. The van der Waals surface area contributed by atoms with E-state index in [0.717, 1.165) is 74.5 Å². The Bertz CT molecular complexity index is 1110. The first-order valence-electron chi connectivity index (χ1n) is 11.8. The van der Waals surface area contributed by atoms with Crippen molar-refractivity contribution < 1.29 is 9.84 Å². The van der Waals surface area contributed by atoms with Crippen LogP contribution in [-0.2, 0) is 4.74 Å². The van der Waals surface area contributed by atoms with Gasteiger partial charge in [0, 0.05) is 42.1 Å². The molecule has 0 atom stereocenters. The number of fused-ring (bicyclic) bond motifs is 1. The Balaban J connectivity index is 1.51. The number of benzene rings is 1. The van der Waals surface area contributed by atoms with Crippen molar-refractivity contribution in [3.8, 4) is 0 Å². The Kier molecular flexibility index (Phi) is 6.40. The molecule has 33 heavy (non-hydrogen) atoms. The second kappa shape index (κ2) is 9.44. The van der Waals surface area contributed by atoms with E-state index in [1.165, 1.54) is 0 Å². The van der Waals surface area contributed by atoms with Gasteiger partial charge in [0.1, 0.15) is 5.52 Å². The van der Waals surface area contributed by atoms with E-state index in [1.807, 2.05) is 24.3 Å². The topological polar surface area (TPSA) is 97.1 Å². The number of nitrogens with one attached hydrogen (secondary N) is 2. The molecule has 2 aromatic heterocycles. The molecule has 0 unspecified atom stereocenters. The summed E-state index contributed by atoms with van der Waals surface area (Å²) in [6, 6.07) is 7.88. The van der Waals surface area contributed by atoms with Crippen LogP contribution in [0.2, 0.25) is 5.02 Å². The normalized spacial score (nSPS) is 22.9. The quantitative estimate of drug-likeness (QED) is 0.470. The molecule has 3 N–H and O–H groups in total. The van der Waals surface area contributed by atoms with E-state index in [4.69, 9.17) is 26.3 Å². The van der Waals surface area contributed by atoms with Crippen molar-refractivity contribution in [2.75, 3.05) is 30.5 Å². The number of halogens is 1. The molecule has 8 nitrogen and oxygen atoms in total. The maximum Gasteiger partial charge on any atom is 0.225 e. The van der Waals surface area contributed by atoms with Crippen LogP contribution in [0.4, 0.5) is 17.6 Å². The number of nitrogens with zero attached hydrogens (tertiary/aromatic N) is 4. The highest BCUT2D eigenvalue weighted by Gasteiger charge is 2.30. The minimum absolute atomic E-state index is 0.0855. The minimum atomic E-state index is -0.0855. The van der Waals surface area contributed by atoms with Gasteiger partial charge in [0.15, 0.2) is 5.65 Å². The second-order valence-corrected chi connectivity index (χ2v) is 9.93. The predicted molar refractivity (Wildman–Crippen MR) is 130 cm³/mol. The third-order valence-corrected chi connectivity index (χ3v) is 7.20. The van der Waals surface area contributed by atoms with Crippen molar-refractivity contribution in [2.24, 2.45) is 5.92 Å². The third kappa shape index (κ3) is 4.93. The van der Waals surface area contributed by atoms with Gasteiger partial charge < -0.3 is 20.5 Å². The monoisotopic (exact) mass is 470 g/mol. The summed E-state index contributed by atoms with van der Waals surface area (Å²) in [5.74, 6) is 1.73. The highest BCUT2D eigenvalue weighted by Crippen LogP contribution is 2.37. The Morgan fingerprint density at radius 2 is 1.97 bits per heavy atom. The summed E-state index contributed by atoms with van der Waals surface area (Å²) >= 11 is 6.21. The van der Waals surface area contributed by atoms with Crippen LogP contribution in [0.25, 0.3) is 11.2 Å². The van der Waals surface area contributed by atoms with Gasteiger partial charge in [-0.1, -0.05) is 17.7 Å². The first-order valence-corrected chi connectivity index (χ1v) is 12.2. The van der Waals surface area contributed by atoms with Crippen LogP contribution in [0.3, 0.4) is 0 Å². The molecule has 5 rings (SSSR count). The number of hydrogen-bond donors (Lipinski definition) is 3. The molecule has 3 heterocycles. The van der Waals surface area contributed by atoms with Gasteiger partial charge in [0.05, 0.1) is 6.20 Å². The van der Waals surface area contributed by atoms with Crippen LogP contribution < -0.4 is 10.6 Å². The molecular weight excluding hydrogens is 440 g/mol. The van der Waals surface area contributed by atoms with Crippen molar-refractivity contribution >= 4 is 40.3 Å². The summed E-state index contributed by atoms with van der Waals surface area (Å²) in [6.07, 6.45) is 7.57. The SMILES string of the molecule is CC1(Nc2ncc3nc(Nc4cccc(Cl)c4)n([C@H]4CC[C@@H](CO)CC4)c3n2)CCOCC1. The molecule has 2 fully saturated rings. The van der Waals surface area contributed by atoms with Crippen molar-refractivity contribution in [2.45, 2.75) is 57.0 Å². The van der Waals surface area contributed by atoms with Gasteiger partial charge in [-0.25, -0.2) is 9.97 Å². The zero-order valence-corrected chi connectivity index (χ0v) is 19.7. The number of anilines is 3. The smallest absolute Gasteiger partial charge is 0.225 e. The van der Waals surface area contributed by atoms with Gasteiger partial charge >= 0.3 is 0 Å².